The first-order valence-electron chi connectivity index (χ1n) is 11.1. The number of amides is 2. The number of nitrogens with zero attached hydrogens (tertiary/aromatic N) is 4. The van der Waals surface area contributed by atoms with E-state index in [-0.39, 0.29) is 28.1 Å². The number of aliphatic carboxylic acids is 1. The number of rotatable bonds is 7. The highest BCUT2D eigenvalue weighted by molar-refractivity contribution is 8.01. The fraction of sp³-hybridized carbons (Fsp3) is 0.409. The van der Waals surface area contributed by atoms with Gasteiger partial charge in [0.1, 0.15) is 18.5 Å². The van der Waals surface area contributed by atoms with E-state index in [1.807, 2.05) is 0 Å². The van der Waals surface area contributed by atoms with Crippen LogP contribution in [0.15, 0.2) is 45.7 Å². The Morgan fingerprint density at radius 2 is 2.22 bits per heavy atom. The molecule has 0 aliphatic carbocycles. The number of carboxylic acid groups (broad SMARTS) is 1. The van der Waals surface area contributed by atoms with E-state index in [1.165, 1.54) is 35.5 Å². The lowest BCUT2D eigenvalue weighted by atomic mass is 10.1. The summed E-state index contributed by atoms with van der Waals surface area (Å²) in [7, 11) is 1.32. The minimum absolute atomic E-state index is 0.0320. The number of hydrogen-bond acceptors (Lipinski definition) is 11. The molecule has 192 valence electrons. The summed E-state index contributed by atoms with van der Waals surface area (Å²) in [5.41, 5.74) is 13.2. The molecule has 2 atom stereocenters. The molecule has 0 bridgehead atoms. The zero-order valence-corrected chi connectivity index (χ0v) is 21.9. The summed E-state index contributed by atoms with van der Waals surface area (Å²) in [5.74, 6) is -0.372. The van der Waals surface area contributed by atoms with E-state index in [4.69, 9.17) is 11.5 Å². The lowest BCUT2D eigenvalue weighted by molar-refractivity contribution is -0.146. The number of carbonyl (C=O) groups excluding carboxylic acids is 2. The number of allylic oxidation sites excluding steroid dienone is 3. The summed E-state index contributed by atoms with van der Waals surface area (Å²) in [5, 5.41) is 15.2. The van der Waals surface area contributed by atoms with Crippen molar-refractivity contribution < 1.29 is 24.3 Å². The van der Waals surface area contributed by atoms with Gasteiger partial charge in [-0.25, -0.2) is 9.78 Å². The predicted molar refractivity (Wildman–Crippen MR) is 141 cm³/mol. The highest BCUT2D eigenvalue weighted by Crippen LogP contribution is 2.41. The van der Waals surface area contributed by atoms with Crippen LogP contribution in [0.3, 0.4) is 0 Å². The van der Waals surface area contributed by atoms with Crippen molar-refractivity contribution in [2.24, 2.45) is 10.9 Å². The van der Waals surface area contributed by atoms with E-state index < -0.39 is 11.9 Å². The number of oxime groups is 1. The molecule has 11 nitrogen and oxygen atoms in total. The van der Waals surface area contributed by atoms with Crippen LogP contribution >= 0.6 is 34.9 Å². The van der Waals surface area contributed by atoms with Gasteiger partial charge in [-0.2, -0.15) is 0 Å². The molecule has 0 radical (unpaired) electrons. The first-order chi connectivity index (χ1) is 17.3. The number of anilines is 1. The Labute approximate surface area is 220 Å². The molecule has 5 heterocycles. The summed E-state index contributed by atoms with van der Waals surface area (Å²) in [6, 6.07) is 0. The molecule has 1 aromatic rings. The largest absolute Gasteiger partial charge is 0.477 e. The number of thiazole rings is 1. The second-order valence-corrected chi connectivity index (χ2v) is 11.3. The van der Waals surface area contributed by atoms with Gasteiger partial charge in [0.05, 0.1) is 17.2 Å². The van der Waals surface area contributed by atoms with Gasteiger partial charge in [-0.05, 0) is 24.5 Å². The van der Waals surface area contributed by atoms with Crippen LogP contribution in [0.2, 0.25) is 0 Å². The Balaban J connectivity index is 0.000000200. The zero-order valence-electron chi connectivity index (χ0n) is 19.5. The standard InChI is InChI=1S/C16H18N2O3S2.C6H8N4O2S/c19-12-7-14-18(12)15(16(20)21)10(9-23-14)8-22-13-5-1-3-11-4-2-6-17(11)13;1-12-10-4(5(7)11)3-2-13-6(8)9-3/h1,3,5,13-14H,2,4,6-9H2,(H,20,21);2H,1H3,(H2,7,11)(H2,8,9)/b;10-4-/t13?,14-;/m0./s1. The molecule has 5 N–H and O–H groups in total. The Morgan fingerprint density at radius 3 is 2.86 bits per heavy atom. The van der Waals surface area contributed by atoms with Gasteiger partial charge < -0.3 is 26.3 Å². The molecule has 5 rings (SSSR count). The number of nitrogen functional groups attached to an aromatic ring is 1. The van der Waals surface area contributed by atoms with Gasteiger partial charge in [0.25, 0.3) is 5.91 Å². The molecule has 4 aliphatic rings. The molecule has 2 amide bonds. The maximum atomic E-state index is 11.8. The maximum Gasteiger partial charge on any atom is 0.352 e. The van der Waals surface area contributed by atoms with Crippen LogP contribution in [0.5, 0.6) is 0 Å². The third-order valence-corrected chi connectivity index (χ3v) is 9.04. The summed E-state index contributed by atoms with van der Waals surface area (Å²) in [6.07, 6.45) is 9.23. The number of carbonyl (C=O) groups is 3. The quantitative estimate of drug-likeness (QED) is 0.259. The first-order valence-corrected chi connectivity index (χ1v) is 14.0. The van der Waals surface area contributed by atoms with Crippen LogP contribution in [-0.4, -0.2) is 79.3 Å². The molecule has 2 saturated heterocycles. The number of fused-ring (bicyclic) bond motifs is 2. The van der Waals surface area contributed by atoms with Gasteiger partial charge in [0, 0.05) is 29.1 Å². The van der Waals surface area contributed by atoms with Crippen molar-refractivity contribution in [3.63, 3.8) is 0 Å². The minimum atomic E-state index is -0.972. The number of thioether (sulfide) groups is 2. The van der Waals surface area contributed by atoms with Gasteiger partial charge >= 0.3 is 5.97 Å². The molecule has 2 fully saturated rings. The summed E-state index contributed by atoms with van der Waals surface area (Å²) in [4.78, 5) is 46.4. The number of aromatic nitrogens is 1. The normalized spacial score (nSPS) is 22.8. The maximum absolute atomic E-state index is 11.8. The molecule has 4 aliphatic heterocycles. The van der Waals surface area contributed by atoms with Crippen LogP contribution in [-0.2, 0) is 19.2 Å². The van der Waals surface area contributed by atoms with E-state index in [1.54, 1.807) is 28.9 Å². The van der Waals surface area contributed by atoms with Crippen molar-refractivity contribution in [3.8, 4) is 0 Å². The van der Waals surface area contributed by atoms with Crippen LogP contribution < -0.4 is 11.5 Å². The van der Waals surface area contributed by atoms with Crippen molar-refractivity contribution in [3.05, 3.63) is 46.3 Å². The van der Waals surface area contributed by atoms with Crippen molar-refractivity contribution in [2.45, 2.75) is 30.0 Å². The molecule has 0 spiro atoms. The van der Waals surface area contributed by atoms with Crippen LogP contribution in [0.25, 0.3) is 0 Å². The smallest absolute Gasteiger partial charge is 0.352 e. The molecule has 1 unspecified atom stereocenters. The van der Waals surface area contributed by atoms with Crippen molar-refractivity contribution in [1.82, 2.24) is 14.8 Å². The number of β-lactam (4-membered cyclic amide) rings is 1. The molecule has 1 aromatic heterocycles. The Hall–Kier alpha value is -2.97. The number of carboxylic acids is 1. The van der Waals surface area contributed by atoms with Gasteiger partial charge in [-0.1, -0.05) is 17.3 Å². The highest BCUT2D eigenvalue weighted by atomic mass is 32.2. The molecule has 14 heteroatoms. The van der Waals surface area contributed by atoms with E-state index in [0.717, 1.165) is 18.5 Å². The average molecular weight is 551 g/mol. The monoisotopic (exact) mass is 550 g/mol. The van der Waals surface area contributed by atoms with Gasteiger partial charge in [0.15, 0.2) is 10.8 Å². The highest BCUT2D eigenvalue weighted by Gasteiger charge is 2.45. The third-order valence-electron chi connectivity index (χ3n) is 5.82. The second-order valence-electron chi connectivity index (χ2n) is 8.09. The number of hydrogen-bond donors (Lipinski definition) is 3. The summed E-state index contributed by atoms with van der Waals surface area (Å²) in [6.45, 7) is 1.07. The van der Waals surface area contributed by atoms with Crippen molar-refractivity contribution in [1.29, 1.82) is 0 Å². The van der Waals surface area contributed by atoms with Crippen LogP contribution in [0.1, 0.15) is 25.0 Å². The lowest BCUT2D eigenvalue weighted by Gasteiger charge is -2.44. The fourth-order valence-corrected chi connectivity index (χ4v) is 7.35. The van der Waals surface area contributed by atoms with E-state index in [9.17, 15) is 19.5 Å². The van der Waals surface area contributed by atoms with Gasteiger partial charge in [-0.15, -0.1) is 34.9 Å². The second kappa shape index (κ2) is 11.4. The van der Waals surface area contributed by atoms with E-state index in [0.29, 0.717) is 28.8 Å². The fourth-order valence-electron chi connectivity index (χ4n) is 4.18. The van der Waals surface area contributed by atoms with Gasteiger partial charge in [0.2, 0.25) is 5.91 Å². The summed E-state index contributed by atoms with van der Waals surface area (Å²) >= 11 is 4.63. The summed E-state index contributed by atoms with van der Waals surface area (Å²) < 4.78 is 0. The number of primary amides is 1. The first kappa shape index (κ1) is 26.1. The molecular weight excluding hydrogens is 524 g/mol. The number of nitrogens with two attached hydrogens (primary N) is 2. The molecule has 36 heavy (non-hydrogen) atoms. The van der Waals surface area contributed by atoms with Crippen molar-refractivity contribution >= 4 is 63.5 Å². The van der Waals surface area contributed by atoms with Crippen molar-refractivity contribution in [2.75, 3.05) is 30.9 Å². The van der Waals surface area contributed by atoms with Gasteiger partial charge in [-0.3, -0.25) is 14.5 Å². The third kappa shape index (κ3) is 5.55. The molecule has 0 saturated carbocycles. The average Bonchev–Trinajstić information content (AvgIpc) is 3.50. The zero-order chi connectivity index (χ0) is 25.8. The topological polar surface area (TPSA) is 164 Å². The van der Waals surface area contributed by atoms with Crippen LogP contribution in [0, 0.1) is 0 Å². The Morgan fingerprint density at radius 1 is 1.42 bits per heavy atom. The minimum Gasteiger partial charge on any atom is -0.477 e. The lowest BCUT2D eigenvalue weighted by Crippen LogP contribution is -2.54. The molecule has 0 aromatic carbocycles. The van der Waals surface area contributed by atoms with E-state index >= 15 is 0 Å². The Kier molecular flexibility index (Phi) is 8.26. The van der Waals surface area contributed by atoms with Crippen LogP contribution in [0.4, 0.5) is 5.13 Å². The van der Waals surface area contributed by atoms with E-state index in [2.05, 4.69) is 38.1 Å². The predicted octanol–water partition coefficient (Wildman–Crippen LogP) is 1.80. The SMILES string of the molecule is CO/N=C(\C(N)=O)c1csc(N)n1.O=C(O)C1=C(CSC2C=CC=C3CCCN32)CS[C@H]2CC(=O)N12. The Bertz CT molecular complexity index is 1180. The molecular formula is C22H26N6O5S3.